The Balaban J connectivity index is 1.95. The number of aromatic nitrogens is 4. The molecule has 0 saturated carbocycles. The number of hydrogen-bond donors (Lipinski definition) is 2. The summed E-state index contributed by atoms with van der Waals surface area (Å²) in [5.74, 6) is 0.238. The van der Waals surface area contributed by atoms with Gasteiger partial charge < -0.3 is 5.32 Å². The summed E-state index contributed by atoms with van der Waals surface area (Å²) in [7, 11) is 0. The molecule has 0 unspecified atom stereocenters. The van der Waals surface area contributed by atoms with Gasteiger partial charge in [-0.05, 0) is 20.8 Å². The number of hydrogen-bond acceptors (Lipinski definition) is 6. The van der Waals surface area contributed by atoms with Crippen molar-refractivity contribution in [3.05, 3.63) is 56.5 Å². The number of nitrogens with one attached hydrogen (secondary N) is 2. The number of rotatable bonds is 4. The number of H-pyrrole nitrogens is 1. The van der Waals surface area contributed by atoms with Gasteiger partial charge in [-0.25, -0.2) is 4.68 Å². The fourth-order valence-corrected chi connectivity index (χ4v) is 2.51. The van der Waals surface area contributed by atoms with Crippen LogP contribution in [0.3, 0.4) is 0 Å². The lowest BCUT2D eigenvalue weighted by Gasteiger charge is -2.19. The van der Waals surface area contributed by atoms with Crippen LogP contribution in [-0.4, -0.2) is 24.7 Å². The van der Waals surface area contributed by atoms with Crippen molar-refractivity contribution in [1.29, 1.82) is 0 Å². The second-order valence-electron chi connectivity index (χ2n) is 6.62. The monoisotopic (exact) mass is 342 g/mol. The first-order valence-electron chi connectivity index (χ1n) is 7.72. The highest BCUT2D eigenvalue weighted by Crippen LogP contribution is 2.20. The average molecular weight is 342 g/mol. The van der Waals surface area contributed by atoms with Crippen LogP contribution in [0.25, 0.3) is 11.0 Å². The second kappa shape index (κ2) is 6.00. The molecule has 25 heavy (non-hydrogen) atoms. The Labute approximate surface area is 142 Å². The van der Waals surface area contributed by atoms with Crippen molar-refractivity contribution in [2.75, 3.05) is 5.32 Å². The standard InChI is InChI=1S/C16H18N6O3/c1-16(2,3)21-13-11(9-18-21)14(23)20-15(19-13)17-8-10-6-4-5-7-12(10)22(24)25/h4-7,9H,8H2,1-3H3,(H2,17,19,20,23). The molecule has 0 bridgehead atoms. The molecule has 130 valence electrons. The van der Waals surface area contributed by atoms with Crippen LogP contribution in [0.2, 0.25) is 0 Å². The number of nitro groups is 1. The molecule has 1 aromatic carbocycles. The predicted molar refractivity (Wildman–Crippen MR) is 93.6 cm³/mol. The van der Waals surface area contributed by atoms with Gasteiger partial charge in [0.05, 0.1) is 16.7 Å². The van der Waals surface area contributed by atoms with E-state index in [0.29, 0.717) is 16.6 Å². The molecule has 0 aliphatic carbocycles. The summed E-state index contributed by atoms with van der Waals surface area (Å²) in [6.45, 7) is 6.05. The summed E-state index contributed by atoms with van der Waals surface area (Å²) in [4.78, 5) is 29.9. The largest absolute Gasteiger partial charge is 0.351 e. The number of benzene rings is 1. The Bertz CT molecular complexity index is 999. The Hall–Kier alpha value is -3.23. The van der Waals surface area contributed by atoms with Crippen molar-refractivity contribution < 1.29 is 4.92 Å². The van der Waals surface area contributed by atoms with Crippen molar-refractivity contribution in [3.8, 4) is 0 Å². The lowest BCUT2D eigenvalue weighted by molar-refractivity contribution is -0.385. The number of para-hydroxylation sites is 1. The maximum Gasteiger partial charge on any atom is 0.274 e. The van der Waals surface area contributed by atoms with Crippen molar-refractivity contribution in [2.45, 2.75) is 32.9 Å². The Kier molecular flexibility index (Phi) is 3.99. The summed E-state index contributed by atoms with van der Waals surface area (Å²) in [6, 6.07) is 6.42. The van der Waals surface area contributed by atoms with Gasteiger partial charge >= 0.3 is 0 Å². The smallest absolute Gasteiger partial charge is 0.274 e. The first-order chi connectivity index (χ1) is 11.8. The molecule has 3 rings (SSSR count). The molecule has 0 aliphatic rings. The molecule has 0 atom stereocenters. The molecule has 0 spiro atoms. The lowest BCUT2D eigenvalue weighted by atomic mass is 10.1. The minimum Gasteiger partial charge on any atom is -0.351 e. The van der Waals surface area contributed by atoms with Crippen LogP contribution in [0.15, 0.2) is 35.3 Å². The van der Waals surface area contributed by atoms with E-state index >= 15 is 0 Å². The van der Waals surface area contributed by atoms with Crippen LogP contribution in [-0.2, 0) is 12.1 Å². The van der Waals surface area contributed by atoms with Gasteiger partial charge in [-0.3, -0.25) is 19.9 Å². The summed E-state index contributed by atoms with van der Waals surface area (Å²) >= 11 is 0. The van der Waals surface area contributed by atoms with Gasteiger partial charge in [0.2, 0.25) is 5.95 Å². The number of aromatic amines is 1. The van der Waals surface area contributed by atoms with E-state index in [9.17, 15) is 14.9 Å². The zero-order valence-corrected chi connectivity index (χ0v) is 14.1. The summed E-state index contributed by atoms with van der Waals surface area (Å²) in [6.07, 6.45) is 1.48. The minimum atomic E-state index is -0.439. The molecule has 9 nitrogen and oxygen atoms in total. The Morgan fingerprint density at radius 2 is 2.04 bits per heavy atom. The highest BCUT2D eigenvalue weighted by Gasteiger charge is 2.20. The van der Waals surface area contributed by atoms with Crippen LogP contribution < -0.4 is 10.9 Å². The molecule has 3 aromatic rings. The van der Waals surface area contributed by atoms with Crippen LogP contribution >= 0.6 is 0 Å². The molecular formula is C16H18N6O3. The van der Waals surface area contributed by atoms with E-state index in [1.165, 1.54) is 12.3 Å². The van der Waals surface area contributed by atoms with E-state index in [1.54, 1.807) is 22.9 Å². The molecule has 2 heterocycles. The van der Waals surface area contributed by atoms with Gasteiger partial charge in [0.15, 0.2) is 5.65 Å². The number of anilines is 1. The van der Waals surface area contributed by atoms with Crippen LogP contribution in [0.5, 0.6) is 0 Å². The van der Waals surface area contributed by atoms with E-state index in [0.717, 1.165) is 0 Å². The first kappa shape index (κ1) is 16.6. The SMILES string of the molecule is CC(C)(C)n1ncc2c(=O)[nH]c(NCc3ccccc3[N+](=O)[O-])nc21. The summed E-state index contributed by atoms with van der Waals surface area (Å²) in [5.41, 5.74) is 0.322. The molecule has 0 saturated heterocycles. The van der Waals surface area contributed by atoms with Gasteiger partial charge in [-0.15, -0.1) is 0 Å². The van der Waals surface area contributed by atoms with Crippen molar-refractivity contribution >= 4 is 22.7 Å². The van der Waals surface area contributed by atoms with Gasteiger partial charge in [0.25, 0.3) is 11.2 Å². The van der Waals surface area contributed by atoms with Crippen molar-refractivity contribution in [3.63, 3.8) is 0 Å². The number of nitrogens with zero attached hydrogens (tertiary/aromatic N) is 4. The first-order valence-corrected chi connectivity index (χ1v) is 7.72. The Morgan fingerprint density at radius 3 is 2.72 bits per heavy atom. The van der Waals surface area contributed by atoms with Crippen molar-refractivity contribution in [2.24, 2.45) is 0 Å². The van der Waals surface area contributed by atoms with E-state index < -0.39 is 4.92 Å². The highest BCUT2D eigenvalue weighted by molar-refractivity contribution is 5.74. The van der Waals surface area contributed by atoms with E-state index in [-0.39, 0.29) is 29.3 Å². The average Bonchev–Trinajstić information content (AvgIpc) is 2.98. The topological polar surface area (TPSA) is 119 Å². The second-order valence-corrected chi connectivity index (χ2v) is 6.62. The third kappa shape index (κ3) is 3.21. The maximum atomic E-state index is 12.2. The molecule has 9 heteroatoms. The molecule has 0 fully saturated rings. The molecular weight excluding hydrogens is 324 g/mol. The third-order valence-electron chi connectivity index (χ3n) is 3.71. The van der Waals surface area contributed by atoms with Crippen LogP contribution in [0, 0.1) is 10.1 Å². The van der Waals surface area contributed by atoms with E-state index in [4.69, 9.17) is 0 Å². The molecule has 2 aromatic heterocycles. The minimum absolute atomic E-state index is 0.0122. The quantitative estimate of drug-likeness (QED) is 0.555. The van der Waals surface area contributed by atoms with Crippen molar-refractivity contribution in [1.82, 2.24) is 19.7 Å². The van der Waals surface area contributed by atoms with Gasteiger partial charge in [-0.2, -0.15) is 10.1 Å². The van der Waals surface area contributed by atoms with Gasteiger partial charge in [0, 0.05) is 18.2 Å². The molecule has 0 aliphatic heterocycles. The normalized spacial score (nSPS) is 11.6. The van der Waals surface area contributed by atoms with Gasteiger partial charge in [-0.1, -0.05) is 18.2 Å². The fourth-order valence-electron chi connectivity index (χ4n) is 2.51. The number of nitro benzene ring substituents is 1. The van der Waals surface area contributed by atoms with Crippen LogP contribution in [0.1, 0.15) is 26.3 Å². The summed E-state index contributed by atoms with van der Waals surface area (Å²) in [5, 5.41) is 18.7. The number of fused-ring (bicyclic) bond motifs is 1. The zero-order chi connectivity index (χ0) is 18.2. The molecule has 2 N–H and O–H groups in total. The molecule has 0 radical (unpaired) electrons. The fraction of sp³-hybridized carbons (Fsp3) is 0.312. The van der Waals surface area contributed by atoms with E-state index in [1.807, 2.05) is 20.8 Å². The maximum absolute atomic E-state index is 12.2. The molecule has 0 amide bonds. The highest BCUT2D eigenvalue weighted by atomic mass is 16.6. The Morgan fingerprint density at radius 1 is 1.32 bits per heavy atom. The van der Waals surface area contributed by atoms with Gasteiger partial charge in [0.1, 0.15) is 5.39 Å². The predicted octanol–water partition coefficient (Wildman–Crippen LogP) is 2.39. The third-order valence-corrected chi connectivity index (χ3v) is 3.71. The lowest BCUT2D eigenvalue weighted by Crippen LogP contribution is -2.24. The van der Waals surface area contributed by atoms with Crippen LogP contribution in [0.4, 0.5) is 11.6 Å². The summed E-state index contributed by atoms with van der Waals surface area (Å²) < 4.78 is 1.67. The zero-order valence-electron chi connectivity index (χ0n) is 14.1. The van der Waals surface area contributed by atoms with E-state index in [2.05, 4.69) is 20.4 Å².